The summed E-state index contributed by atoms with van der Waals surface area (Å²) < 4.78 is 32.9. The lowest BCUT2D eigenvalue weighted by molar-refractivity contribution is -0.161. The minimum atomic E-state index is -4.41. The first-order chi connectivity index (χ1) is 32.3. The molecule has 0 aromatic heterocycles. The van der Waals surface area contributed by atoms with Crippen molar-refractivity contribution in [3.63, 3.8) is 0 Å². The molecule has 0 aromatic rings. The summed E-state index contributed by atoms with van der Waals surface area (Å²) in [7, 11) is -4.41. The molecule has 0 rings (SSSR count). The Labute approximate surface area is 405 Å². The van der Waals surface area contributed by atoms with Crippen LogP contribution in [0.25, 0.3) is 0 Å². The molecule has 0 aliphatic rings. The smallest absolute Gasteiger partial charge is 0.462 e. The molecule has 0 saturated heterocycles. The maximum absolute atomic E-state index is 12.6. The van der Waals surface area contributed by atoms with Crippen LogP contribution in [-0.4, -0.2) is 49.3 Å². The minimum absolute atomic E-state index is 0.0399. The van der Waals surface area contributed by atoms with Gasteiger partial charge in [-0.3, -0.25) is 18.6 Å². The summed E-state index contributed by atoms with van der Waals surface area (Å²) in [6.45, 7) is 3.56. The zero-order valence-corrected chi connectivity index (χ0v) is 43.3. The number of carbonyl (C=O) groups is 2. The highest BCUT2D eigenvalue weighted by atomic mass is 31.2. The molecular weight excluding hydrogens is 846 g/mol. The Hall–Kier alpha value is -2.55. The SMILES string of the molecule is CC/C=C\C/C=C\C/C=C\C/C=C\C/C=C\C/C=C\CCC(=O)OC(COC(=O)CCCCCCCCCCCCCCCCCCCCCCCCCCCC)COP(=O)(O)OCCN. The first kappa shape index (κ1) is 63.5. The molecule has 0 saturated carbocycles. The highest BCUT2D eigenvalue weighted by molar-refractivity contribution is 7.47. The molecule has 0 aliphatic carbocycles. The molecule has 382 valence electrons. The number of esters is 2. The number of ether oxygens (including phenoxy) is 2. The molecule has 0 radical (unpaired) electrons. The van der Waals surface area contributed by atoms with Crippen LogP contribution in [-0.2, 0) is 32.7 Å². The van der Waals surface area contributed by atoms with Gasteiger partial charge >= 0.3 is 19.8 Å². The fourth-order valence-electron chi connectivity index (χ4n) is 7.43. The number of unbranched alkanes of at least 4 members (excludes halogenated alkanes) is 25. The maximum Gasteiger partial charge on any atom is 0.472 e. The quantitative estimate of drug-likeness (QED) is 0.0264. The van der Waals surface area contributed by atoms with Crippen LogP contribution in [0.2, 0.25) is 0 Å². The minimum Gasteiger partial charge on any atom is -0.462 e. The number of hydrogen-bond donors (Lipinski definition) is 2. The van der Waals surface area contributed by atoms with Gasteiger partial charge in [0.2, 0.25) is 0 Å². The van der Waals surface area contributed by atoms with Gasteiger partial charge in [0.1, 0.15) is 6.61 Å². The first-order valence-corrected chi connectivity index (χ1v) is 28.4. The second-order valence-electron chi connectivity index (χ2n) is 17.7. The van der Waals surface area contributed by atoms with Crippen LogP contribution in [0.4, 0.5) is 0 Å². The van der Waals surface area contributed by atoms with Crippen molar-refractivity contribution in [3.8, 4) is 0 Å². The zero-order valence-electron chi connectivity index (χ0n) is 42.4. The normalized spacial score (nSPS) is 13.7. The molecule has 0 amide bonds. The zero-order chi connectivity index (χ0) is 48.1. The Kier molecular flexibility index (Phi) is 49.8. The van der Waals surface area contributed by atoms with Crippen LogP contribution < -0.4 is 5.73 Å². The van der Waals surface area contributed by atoms with Crippen molar-refractivity contribution in [2.75, 3.05) is 26.4 Å². The highest BCUT2D eigenvalue weighted by Crippen LogP contribution is 2.43. The fourth-order valence-corrected chi connectivity index (χ4v) is 8.19. The van der Waals surface area contributed by atoms with E-state index in [1.165, 1.54) is 148 Å². The van der Waals surface area contributed by atoms with Gasteiger partial charge in [0.15, 0.2) is 6.10 Å². The van der Waals surface area contributed by atoms with Crippen molar-refractivity contribution < 1.29 is 37.6 Å². The van der Waals surface area contributed by atoms with Crippen molar-refractivity contribution in [2.24, 2.45) is 5.73 Å². The number of hydrogen-bond acceptors (Lipinski definition) is 8. The van der Waals surface area contributed by atoms with Gasteiger partial charge in [0, 0.05) is 19.4 Å². The number of carbonyl (C=O) groups excluding carboxylic acids is 2. The average molecular weight is 946 g/mol. The van der Waals surface area contributed by atoms with Gasteiger partial charge in [0.05, 0.1) is 13.2 Å². The predicted octanol–water partition coefficient (Wildman–Crippen LogP) is 16.6. The summed E-state index contributed by atoms with van der Waals surface area (Å²) in [5.41, 5.74) is 5.36. The standard InChI is InChI=1S/C56H100NO8P/c1-3-5-7-9-11-13-15-17-19-21-23-24-25-26-27-28-29-31-32-34-36-38-40-42-44-46-48-55(58)62-52-54(53-64-66(60,61)63-51-50-57)65-56(59)49-47-45-43-41-39-37-35-33-30-22-20-18-16-14-12-10-8-6-4-2/h6,8,12,14,18,20,30,33,37,39,43,45,54H,3-5,7,9-11,13,15-17,19,21-29,31-32,34-36,38,40-42,44,46-53,57H2,1-2H3,(H,60,61)/b8-6-,14-12-,20-18-,33-30-,39-37-,45-43-. The molecule has 9 nitrogen and oxygen atoms in total. The molecule has 0 spiro atoms. The molecule has 66 heavy (non-hydrogen) atoms. The molecule has 0 aromatic carbocycles. The summed E-state index contributed by atoms with van der Waals surface area (Å²) in [5, 5.41) is 0. The Morgan fingerprint density at radius 3 is 1.21 bits per heavy atom. The van der Waals surface area contributed by atoms with Gasteiger partial charge in [-0.1, -0.05) is 247 Å². The van der Waals surface area contributed by atoms with E-state index in [0.29, 0.717) is 6.42 Å². The molecule has 0 fully saturated rings. The van der Waals surface area contributed by atoms with Crippen LogP contribution in [0.1, 0.15) is 239 Å². The van der Waals surface area contributed by atoms with E-state index in [-0.39, 0.29) is 32.6 Å². The lowest BCUT2D eigenvalue weighted by Gasteiger charge is -2.19. The van der Waals surface area contributed by atoms with E-state index >= 15 is 0 Å². The van der Waals surface area contributed by atoms with Crippen molar-refractivity contribution in [1.82, 2.24) is 0 Å². The van der Waals surface area contributed by atoms with Crippen LogP contribution in [0.5, 0.6) is 0 Å². The van der Waals surface area contributed by atoms with E-state index in [2.05, 4.69) is 74.6 Å². The third-order valence-electron chi connectivity index (χ3n) is 11.4. The Bertz CT molecular complexity index is 1310. The molecule has 0 bridgehead atoms. The largest absolute Gasteiger partial charge is 0.472 e. The van der Waals surface area contributed by atoms with Crippen molar-refractivity contribution in [2.45, 2.75) is 245 Å². The van der Waals surface area contributed by atoms with Crippen molar-refractivity contribution >= 4 is 19.8 Å². The Balaban J connectivity index is 4.05. The summed E-state index contributed by atoms with van der Waals surface area (Å²) in [4.78, 5) is 35.0. The number of phosphoric ester groups is 1. The van der Waals surface area contributed by atoms with Gasteiger partial charge in [-0.2, -0.15) is 0 Å². The molecule has 3 N–H and O–H groups in total. The van der Waals surface area contributed by atoms with Gasteiger partial charge in [-0.15, -0.1) is 0 Å². The maximum atomic E-state index is 12.6. The van der Waals surface area contributed by atoms with Crippen LogP contribution in [0, 0.1) is 0 Å². The second-order valence-corrected chi connectivity index (χ2v) is 19.2. The molecule has 0 heterocycles. The van der Waals surface area contributed by atoms with Crippen LogP contribution in [0.3, 0.4) is 0 Å². The van der Waals surface area contributed by atoms with Crippen molar-refractivity contribution in [1.29, 1.82) is 0 Å². The van der Waals surface area contributed by atoms with E-state index in [1.54, 1.807) is 0 Å². The molecular formula is C56H100NO8P. The molecule has 10 heteroatoms. The second kappa shape index (κ2) is 51.8. The van der Waals surface area contributed by atoms with E-state index in [4.69, 9.17) is 24.3 Å². The summed E-state index contributed by atoms with van der Waals surface area (Å²) in [6, 6.07) is 0. The number of nitrogens with two attached hydrogens (primary N) is 1. The van der Waals surface area contributed by atoms with Crippen LogP contribution in [0.15, 0.2) is 72.9 Å². The summed E-state index contributed by atoms with van der Waals surface area (Å²) >= 11 is 0. The molecule has 2 unspecified atom stereocenters. The van der Waals surface area contributed by atoms with Gasteiger partial charge in [0.25, 0.3) is 0 Å². The first-order valence-electron chi connectivity index (χ1n) is 26.9. The van der Waals surface area contributed by atoms with Crippen LogP contribution >= 0.6 is 7.82 Å². The number of rotatable bonds is 50. The topological polar surface area (TPSA) is 134 Å². The third kappa shape index (κ3) is 50.9. The predicted molar refractivity (Wildman–Crippen MR) is 279 cm³/mol. The number of allylic oxidation sites excluding steroid dienone is 12. The fraction of sp³-hybridized carbons (Fsp3) is 0.750. The van der Waals surface area contributed by atoms with Crippen molar-refractivity contribution in [3.05, 3.63) is 72.9 Å². The number of phosphoric acid groups is 1. The van der Waals surface area contributed by atoms with E-state index in [1.807, 2.05) is 12.2 Å². The summed E-state index contributed by atoms with van der Waals surface area (Å²) in [6.07, 6.45) is 65.5. The van der Waals surface area contributed by atoms with Gasteiger partial charge in [-0.25, -0.2) is 4.57 Å². The lowest BCUT2D eigenvalue weighted by atomic mass is 10.0. The van der Waals surface area contributed by atoms with E-state index < -0.39 is 32.5 Å². The highest BCUT2D eigenvalue weighted by Gasteiger charge is 2.26. The van der Waals surface area contributed by atoms with Gasteiger partial charge in [-0.05, 0) is 51.4 Å². The monoisotopic (exact) mass is 946 g/mol. The third-order valence-corrected chi connectivity index (χ3v) is 12.4. The Morgan fingerprint density at radius 1 is 0.470 bits per heavy atom. The Morgan fingerprint density at radius 2 is 0.833 bits per heavy atom. The molecule has 0 aliphatic heterocycles. The van der Waals surface area contributed by atoms with E-state index in [0.717, 1.165) is 57.8 Å². The van der Waals surface area contributed by atoms with Gasteiger partial charge < -0.3 is 20.1 Å². The molecule has 2 atom stereocenters. The van der Waals surface area contributed by atoms with E-state index in [9.17, 15) is 19.0 Å². The summed E-state index contributed by atoms with van der Waals surface area (Å²) in [5.74, 6) is -0.921. The lowest BCUT2D eigenvalue weighted by Crippen LogP contribution is -2.29. The average Bonchev–Trinajstić information content (AvgIpc) is 3.31.